The summed E-state index contributed by atoms with van der Waals surface area (Å²) in [6, 6.07) is 12.0. The van der Waals surface area contributed by atoms with Gasteiger partial charge in [0.25, 0.3) is 0 Å². The van der Waals surface area contributed by atoms with Gasteiger partial charge in [0.15, 0.2) is 0 Å². The van der Waals surface area contributed by atoms with Crippen LogP contribution in [0, 0.1) is 0 Å². The average molecular weight is 282 g/mol. The molecule has 0 spiro atoms. The zero-order valence-corrected chi connectivity index (χ0v) is 12.2. The Labute approximate surface area is 123 Å². The van der Waals surface area contributed by atoms with E-state index in [1.165, 1.54) is 0 Å². The van der Waals surface area contributed by atoms with Gasteiger partial charge in [0.2, 0.25) is 0 Å². The topological polar surface area (TPSA) is 47.3 Å². The highest BCUT2D eigenvalue weighted by Crippen LogP contribution is 2.32. The Bertz CT molecular complexity index is 703. The van der Waals surface area contributed by atoms with Crippen LogP contribution < -0.4 is 10.1 Å². The first kappa shape index (κ1) is 13.6. The van der Waals surface area contributed by atoms with Crippen LogP contribution in [0.1, 0.15) is 24.3 Å². The SMILES string of the molecule is CCNC(c1cc2ccccc2o1)c1ccncc1OC. The number of hydrogen-bond donors (Lipinski definition) is 1. The molecule has 1 unspecified atom stereocenters. The lowest BCUT2D eigenvalue weighted by Crippen LogP contribution is -2.22. The van der Waals surface area contributed by atoms with Gasteiger partial charge in [0.1, 0.15) is 17.1 Å². The number of pyridine rings is 1. The smallest absolute Gasteiger partial charge is 0.142 e. The molecule has 0 aliphatic carbocycles. The molecule has 0 saturated carbocycles. The number of nitrogens with zero attached hydrogens (tertiary/aromatic N) is 1. The monoisotopic (exact) mass is 282 g/mol. The summed E-state index contributed by atoms with van der Waals surface area (Å²) in [5, 5.41) is 4.55. The Morgan fingerprint density at radius 1 is 1.29 bits per heavy atom. The van der Waals surface area contributed by atoms with Gasteiger partial charge in [-0.2, -0.15) is 0 Å². The Balaban J connectivity index is 2.08. The lowest BCUT2D eigenvalue weighted by molar-refractivity contribution is 0.395. The Kier molecular flexibility index (Phi) is 3.88. The fraction of sp³-hybridized carbons (Fsp3) is 0.235. The van der Waals surface area contributed by atoms with Crippen molar-refractivity contribution in [3.63, 3.8) is 0 Å². The molecule has 108 valence electrons. The van der Waals surface area contributed by atoms with Crippen molar-refractivity contribution in [1.82, 2.24) is 10.3 Å². The number of methoxy groups -OCH3 is 1. The average Bonchev–Trinajstić information content (AvgIpc) is 2.96. The minimum Gasteiger partial charge on any atom is -0.495 e. The highest BCUT2D eigenvalue weighted by Gasteiger charge is 2.21. The van der Waals surface area contributed by atoms with E-state index in [9.17, 15) is 0 Å². The summed E-state index contributed by atoms with van der Waals surface area (Å²) >= 11 is 0. The molecule has 4 nitrogen and oxygen atoms in total. The number of furan rings is 1. The first-order valence-electron chi connectivity index (χ1n) is 7.03. The van der Waals surface area contributed by atoms with E-state index in [0.717, 1.165) is 34.6 Å². The number of rotatable bonds is 5. The minimum atomic E-state index is -0.0552. The summed E-state index contributed by atoms with van der Waals surface area (Å²) < 4.78 is 11.4. The standard InChI is InChI=1S/C17H18N2O2/c1-3-19-17(13-8-9-18-11-16(13)20-2)15-10-12-6-4-5-7-14(12)21-15/h4-11,17,19H,3H2,1-2H3. The molecule has 2 heterocycles. The molecule has 0 radical (unpaired) electrons. The van der Waals surface area contributed by atoms with Gasteiger partial charge in [-0.3, -0.25) is 4.98 Å². The van der Waals surface area contributed by atoms with Crippen molar-refractivity contribution in [3.05, 3.63) is 60.1 Å². The van der Waals surface area contributed by atoms with Crippen LogP contribution in [0.15, 0.2) is 53.2 Å². The highest BCUT2D eigenvalue weighted by atomic mass is 16.5. The lowest BCUT2D eigenvalue weighted by atomic mass is 10.0. The van der Waals surface area contributed by atoms with E-state index in [4.69, 9.17) is 9.15 Å². The third kappa shape index (κ3) is 2.62. The number of para-hydroxylation sites is 1. The largest absolute Gasteiger partial charge is 0.495 e. The van der Waals surface area contributed by atoms with Crippen LogP contribution in [0.5, 0.6) is 5.75 Å². The Hall–Kier alpha value is -2.33. The molecule has 2 aromatic heterocycles. The molecule has 0 aliphatic heterocycles. The summed E-state index contributed by atoms with van der Waals surface area (Å²) in [6.45, 7) is 2.90. The van der Waals surface area contributed by atoms with E-state index in [1.807, 2.05) is 24.3 Å². The van der Waals surface area contributed by atoms with Crippen molar-refractivity contribution in [3.8, 4) is 5.75 Å². The first-order valence-corrected chi connectivity index (χ1v) is 7.03. The second kappa shape index (κ2) is 5.97. The Morgan fingerprint density at radius 3 is 2.90 bits per heavy atom. The number of ether oxygens (including phenoxy) is 1. The summed E-state index contributed by atoms with van der Waals surface area (Å²) in [4.78, 5) is 4.11. The number of aromatic nitrogens is 1. The van der Waals surface area contributed by atoms with Gasteiger partial charge < -0.3 is 14.5 Å². The van der Waals surface area contributed by atoms with Crippen LogP contribution in [0.3, 0.4) is 0 Å². The van der Waals surface area contributed by atoms with Crippen molar-refractivity contribution >= 4 is 11.0 Å². The molecule has 3 rings (SSSR count). The quantitative estimate of drug-likeness (QED) is 0.777. The van der Waals surface area contributed by atoms with Crippen molar-refractivity contribution in [1.29, 1.82) is 0 Å². The normalized spacial score (nSPS) is 12.5. The van der Waals surface area contributed by atoms with Crippen LogP contribution >= 0.6 is 0 Å². The maximum absolute atomic E-state index is 6.00. The molecule has 4 heteroatoms. The van der Waals surface area contributed by atoms with Crippen LogP contribution in [-0.4, -0.2) is 18.6 Å². The molecular formula is C17H18N2O2. The van der Waals surface area contributed by atoms with Gasteiger partial charge in [-0.25, -0.2) is 0 Å². The molecule has 0 fully saturated rings. The fourth-order valence-electron chi connectivity index (χ4n) is 2.51. The number of hydrogen-bond acceptors (Lipinski definition) is 4. The molecule has 0 aliphatic rings. The molecule has 0 saturated heterocycles. The second-order valence-corrected chi connectivity index (χ2v) is 4.79. The van der Waals surface area contributed by atoms with Crippen molar-refractivity contribution < 1.29 is 9.15 Å². The predicted octanol–water partition coefficient (Wildman–Crippen LogP) is 3.54. The summed E-state index contributed by atoms with van der Waals surface area (Å²) in [5.41, 5.74) is 1.91. The lowest BCUT2D eigenvalue weighted by Gasteiger charge is -2.18. The van der Waals surface area contributed by atoms with Crippen molar-refractivity contribution in [2.24, 2.45) is 0 Å². The van der Waals surface area contributed by atoms with Crippen LogP contribution in [0.4, 0.5) is 0 Å². The van der Waals surface area contributed by atoms with E-state index in [-0.39, 0.29) is 6.04 Å². The van der Waals surface area contributed by atoms with E-state index >= 15 is 0 Å². The molecule has 1 N–H and O–H groups in total. The maximum atomic E-state index is 6.00. The fourth-order valence-corrected chi connectivity index (χ4v) is 2.51. The number of nitrogens with one attached hydrogen (secondary N) is 1. The molecule has 0 amide bonds. The predicted molar refractivity (Wildman–Crippen MR) is 82.5 cm³/mol. The van der Waals surface area contributed by atoms with Gasteiger partial charge >= 0.3 is 0 Å². The number of benzene rings is 1. The van der Waals surface area contributed by atoms with E-state index in [2.05, 4.69) is 29.4 Å². The summed E-state index contributed by atoms with van der Waals surface area (Å²) in [6.07, 6.45) is 3.49. The van der Waals surface area contributed by atoms with E-state index in [1.54, 1.807) is 19.5 Å². The first-order chi connectivity index (χ1) is 10.3. The van der Waals surface area contributed by atoms with Gasteiger partial charge in [-0.1, -0.05) is 25.1 Å². The zero-order chi connectivity index (χ0) is 14.7. The van der Waals surface area contributed by atoms with Gasteiger partial charge in [0, 0.05) is 17.1 Å². The minimum absolute atomic E-state index is 0.0552. The third-order valence-corrected chi connectivity index (χ3v) is 3.48. The van der Waals surface area contributed by atoms with Crippen LogP contribution in [0.2, 0.25) is 0 Å². The van der Waals surface area contributed by atoms with E-state index < -0.39 is 0 Å². The third-order valence-electron chi connectivity index (χ3n) is 3.48. The summed E-state index contributed by atoms with van der Waals surface area (Å²) in [7, 11) is 1.65. The summed E-state index contributed by atoms with van der Waals surface area (Å²) in [5.74, 6) is 1.63. The molecule has 0 bridgehead atoms. The maximum Gasteiger partial charge on any atom is 0.142 e. The number of fused-ring (bicyclic) bond motifs is 1. The second-order valence-electron chi connectivity index (χ2n) is 4.79. The van der Waals surface area contributed by atoms with Crippen molar-refractivity contribution in [2.45, 2.75) is 13.0 Å². The molecule has 1 aromatic carbocycles. The van der Waals surface area contributed by atoms with Gasteiger partial charge in [0.05, 0.1) is 19.3 Å². The molecular weight excluding hydrogens is 264 g/mol. The van der Waals surface area contributed by atoms with Crippen LogP contribution in [0.25, 0.3) is 11.0 Å². The van der Waals surface area contributed by atoms with Crippen molar-refractivity contribution in [2.75, 3.05) is 13.7 Å². The molecule has 21 heavy (non-hydrogen) atoms. The van der Waals surface area contributed by atoms with Gasteiger partial charge in [-0.15, -0.1) is 0 Å². The van der Waals surface area contributed by atoms with E-state index in [0.29, 0.717) is 0 Å². The van der Waals surface area contributed by atoms with Crippen LogP contribution in [-0.2, 0) is 0 Å². The zero-order valence-electron chi connectivity index (χ0n) is 12.2. The highest BCUT2D eigenvalue weighted by molar-refractivity contribution is 5.78. The van der Waals surface area contributed by atoms with Gasteiger partial charge in [-0.05, 0) is 24.7 Å². The Morgan fingerprint density at radius 2 is 2.14 bits per heavy atom. The molecule has 1 atom stereocenters. The molecule has 3 aromatic rings.